The smallest absolute Gasteiger partial charge is 0.303 e. The first-order chi connectivity index (χ1) is 14.0. The Morgan fingerprint density at radius 1 is 1.27 bits per heavy atom. The Labute approximate surface area is 177 Å². The number of carbonyl (C=O) groups excluding carboxylic acids is 2. The lowest BCUT2D eigenvalue weighted by atomic mass is 9.43. The van der Waals surface area contributed by atoms with Gasteiger partial charge < -0.3 is 14.9 Å². The summed E-state index contributed by atoms with van der Waals surface area (Å²) in [5.41, 5.74) is -1.12. The van der Waals surface area contributed by atoms with E-state index in [-0.39, 0.29) is 53.7 Å². The second kappa shape index (κ2) is 6.04. The van der Waals surface area contributed by atoms with Gasteiger partial charge in [0.05, 0.1) is 11.7 Å². The van der Waals surface area contributed by atoms with E-state index >= 15 is 0 Å². The molecule has 0 aromatic rings. The van der Waals surface area contributed by atoms with Gasteiger partial charge in [0.2, 0.25) is 0 Å². The van der Waals surface area contributed by atoms with E-state index in [1.54, 1.807) is 13.0 Å². The van der Waals surface area contributed by atoms with Crippen LogP contribution in [0.4, 0.5) is 0 Å². The molecule has 0 bridgehead atoms. The van der Waals surface area contributed by atoms with Gasteiger partial charge in [-0.15, -0.1) is 0 Å². The lowest BCUT2D eigenvalue weighted by Crippen LogP contribution is -2.63. The van der Waals surface area contributed by atoms with Gasteiger partial charge in [-0.3, -0.25) is 14.4 Å². The first-order valence-corrected chi connectivity index (χ1v) is 11.3. The maximum absolute atomic E-state index is 12.8. The van der Waals surface area contributed by atoms with Crippen molar-refractivity contribution in [2.45, 2.75) is 89.4 Å². The van der Waals surface area contributed by atoms with Crippen LogP contribution in [0.5, 0.6) is 0 Å². The Kier molecular flexibility index (Phi) is 4.10. The van der Waals surface area contributed by atoms with Crippen LogP contribution in [0, 0.1) is 28.6 Å². The predicted molar refractivity (Wildman–Crippen MR) is 108 cm³/mol. The summed E-state index contributed by atoms with van der Waals surface area (Å²) in [5.74, 6) is -0.725. The van der Waals surface area contributed by atoms with Crippen LogP contribution in [0.2, 0.25) is 0 Å². The summed E-state index contributed by atoms with van der Waals surface area (Å²) >= 11 is 0. The summed E-state index contributed by atoms with van der Waals surface area (Å²) in [6.45, 7) is 5.94. The maximum Gasteiger partial charge on any atom is 0.303 e. The van der Waals surface area contributed by atoms with E-state index in [1.807, 2.05) is 0 Å². The molecule has 1 spiro atoms. The van der Waals surface area contributed by atoms with E-state index in [1.165, 1.54) is 0 Å². The van der Waals surface area contributed by atoms with E-state index < -0.39 is 22.6 Å². The fourth-order valence-corrected chi connectivity index (χ4v) is 8.24. The average Bonchev–Trinajstić information content (AvgIpc) is 3.32. The number of hydrogen-bond donors (Lipinski definition) is 2. The van der Waals surface area contributed by atoms with Gasteiger partial charge in [-0.1, -0.05) is 19.4 Å². The van der Waals surface area contributed by atoms with Crippen molar-refractivity contribution in [1.29, 1.82) is 0 Å². The van der Waals surface area contributed by atoms with Crippen LogP contribution in [0.3, 0.4) is 0 Å². The minimum Gasteiger partial charge on any atom is -0.481 e. The van der Waals surface area contributed by atoms with Crippen molar-refractivity contribution in [2.75, 3.05) is 0 Å². The minimum atomic E-state index is -1.05. The molecule has 4 fully saturated rings. The topological polar surface area (TPSA) is 104 Å². The molecular weight excluding hydrogens is 384 g/mol. The number of ether oxygens (including phenoxy) is 1. The molecule has 6 heteroatoms. The van der Waals surface area contributed by atoms with Crippen LogP contribution in [-0.2, 0) is 19.1 Å². The van der Waals surface area contributed by atoms with Crippen molar-refractivity contribution in [3.63, 3.8) is 0 Å². The Morgan fingerprint density at radius 3 is 2.67 bits per heavy atom. The minimum absolute atomic E-state index is 0.00737. The SMILES string of the molecule is CC(=O)[C@@H]1CC2=CC(=O)CC[C@]2(C)[C@@]23O[C@@H]2C[C@@]2(C)[C@@H](CC[C@@]2(O)CCC(=O)O)[C@H]13. The van der Waals surface area contributed by atoms with E-state index in [0.717, 1.165) is 18.4 Å². The van der Waals surface area contributed by atoms with E-state index in [9.17, 15) is 24.6 Å². The second-order valence-electron chi connectivity index (χ2n) is 11.0. The second-order valence-corrected chi connectivity index (χ2v) is 11.0. The van der Waals surface area contributed by atoms with Crippen molar-refractivity contribution in [3.8, 4) is 0 Å². The third kappa shape index (κ3) is 2.30. The van der Waals surface area contributed by atoms with Gasteiger partial charge in [0.25, 0.3) is 0 Å². The highest BCUT2D eigenvalue weighted by molar-refractivity contribution is 5.92. The summed E-state index contributed by atoms with van der Waals surface area (Å²) in [6.07, 6.45) is 5.81. The molecule has 0 unspecified atom stereocenters. The predicted octanol–water partition coefficient (Wildman–Crippen LogP) is 3.06. The van der Waals surface area contributed by atoms with Crippen LogP contribution in [0.1, 0.15) is 72.1 Å². The summed E-state index contributed by atoms with van der Waals surface area (Å²) in [7, 11) is 0. The third-order valence-corrected chi connectivity index (χ3v) is 9.97. The highest BCUT2D eigenvalue weighted by Crippen LogP contribution is 2.77. The molecule has 0 aromatic heterocycles. The number of hydrogen-bond acceptors (Lipinski definition) is 5. The third-order valence-electron chi connectivity index (χ3n) is 9.97. The molecule has 3 saturated carbocycles. The van der Waals surface area contributed by atoms with Crippen molar-refractivity contribution in [2.24, 2.45) is 28.6 Å². The lowest BCUT2D eigenvalue weighted by Gasteiger charge is -2.59. The van der Waals surface area contributed by atoms with Crippen LogP contribution in [0.25, 0.3) is 0 Å². The highest BCUT2D eigenvalue weighted by Gasteiger charge is 2.82. The molecule has 8 atom stereocenters. The van der Waals surface area contributed by atoms with Gasteiger partial charge in [0, 0.05) is 35.5 Å². The average molecular weight is 417 g/mol. The van der Waals surface area contributed by atoms with Gasteiger partial charge in [0.15, 0.2) is 5.78 Å². The number of rotatable bonds is 4. The molecule has 4 aliphatic carbocycles. The normalized spacial score (nSPS) is 51.2. The van der Waals surface area contributed by atoms with Crippen molar-refractivity contribution in [1.82, 2.24) is 0 Å². The highest BCUT2D eigenvalue weighted by atomic mass is 16.6. The van der Waals surface area contributed by atoms with Crippen molar-refractivity contribution >= 4 is 17.5 Å². The fourth-order valence-electron chi connectivity index (χ4n) is 8.24. The molecule has 1 saturated heterocycles. The zero-order valence-corrected chi connectivity index (χ0v) is 18.1. The van der Waals surface area contributed by atoms with E-state index in [0.29, 0.717) is 25.7 Å². The number of aliphatic carboxylic acids is 1. The molecule has 6 nitrogen and oxygen atoms in total. The van der Waals surface area contributed by atoms with Gasteiger partial charge in [0.1, 0.15) is 11.4 Å². The Morgan fingerprint density at radius 2 is 2.00 bits per heavy atom. The lowest BCUT2D eigenvalue weighted by molar-refractivity contribution is -0.148. The number of carboxylic acids is 1. The molecule has 30 heavy (non-hydrogen) atoms. The summed E-state index contributed by atoms with van der Waals surface area (Å²) in [5, 5.41) is 20.8. The number of Topliss-reactive ketones (excluding diaryl/α,β-unsaturated/α-hetero) is 1. The number of carboxylic acid groups (broad SMARTS) is 1. The molecule has 2 N–H and O–H groups in total. The van der Waals surface area contributed by atoms with Crippen LogP contribution in [-0.4, -0.2) is 45.1 Å². The van der Waals surface area contributed by atoms with Crippen molar-refractivity contribution in [3.05, 3.63) is 11.6 Å². The number of aliphatic hydroxyl groups is 1. The molecule has 5 aliphatic rings. The molecule has 0 radical (unpaired) electrons. The first-order valence-electron chi connectivity index (χ1n) is 11.3. The molecular formula is C24H32O6. The molecule has 0 aromatic carbocycles. The van der Waals surface area contributed by atoms with Gasteiger partial charge in [-0.05, 0) is 57.4 Å². The van der Waals surface area contributed by atoms with Crippen LogP contribution in [0.15, 0.2) is 11.6 Å². The van der Waals surface area contributed by atoms with E-state index in [2.05, 4.69) is 13.8 Å². The number of carbonyl (C=O) groups is 3. The summed E-state index contributed by atoms with van der Waals surface area (Å²) < 4.78 is 6.55. The first kappa shape index (κ1) is 20.4. The largest absolute Gasteiger partial charge is 0.481 e. The number of fused-ring (bicyclic) bond motifs is 3. The zero-order chi connectivity index (χ0) is 21.7. The Bertz CT molecular complexity index is 877. The molecule has 1 aliphatic heterocycles. The number of ketones is 2. The van der Waals surface area contributed by atoms with Gasteiger partial charge in [-0.2, -0.15) is 0 Å². The molecule has 5 rings (SSSR count). The van der Waals surface area contributed by atoms with Crippen LogP contribution < -0.4 is 0 Å². The van der Waals surface area contributed by atoms with Gasteiger partial charge >= 0.3 is 5.97 Å². The standard InChI is InChI=1S/C24H32O6/c1-13(25)16-11-14-10-15(26)4-7-21(14,2)24-18(30-24)12-22(3)17(20(16)24)5-8-23(22,29)9-6-19(27)28/h10,16-18,20,29H,4-9,11-12H2,1-3H3,(H,27,28)/t16-,17-,18+,20-,21-,22-,23+,24+/m0/s1. The Hall–Kier alpha value is -1.53. The zero-order valence-electron chi connectivity index (χ0n) is 18.1. The maximum atomic E-state index is 12.8. The summed E-state index contributed by atoms with van der Waals surface area (Å²) in [6, 6.07) is 0. The van der Waals surface area contributed by atoms with E-state index in [4.69, 9.17) is 4.74 Å². The molecule has 0 amide bonds. The molecule has 164 valence electrons. The fraction of sp³-hybridized carbons (Fsp3) is 0.792. The quantitative estimate of drug-likeness (QED) is 0.683. The molecule has 1 heterocycles. The number of epoxide rings is 1. The summed E-state index contributed by atoms with van der Waals surface area (Å²) in [4.78, 5) is 36.2. The van der Waals surface area contributed by atoms with Crippen LogP contribution >= 0.6 is 0 Å². The Balaban J connectivity index is 1.59. The van der Waals surface area contributed by atoms with Crippen molar-refractivity contribution < 1.29 is 29.3 Å². The van der Waals surface area contributed by atoms with Gasteiger partial charge in [-0.25, -0.2) is 0 Å². The monoisotopic (exact) mass is 416 g/mol.